The second-order valence-corrected chi connectivity index (χ2v) is 3.04. The van der Waals surface area contributed by atoms with E-state index < -0.39 is 0 Å². The highest BCUT2D eigenvalue weighted by atomic mass is 16.5. The van der Waals surface area contributed by atoms with Gasteiger partial charge in [-0.2, -0.15) is 0 Å². The van der Waals surface area contributed by atoms with Crippen LogP contribution in [-0.4, -0.2) is 12.1 Å². The maximum atomic E-state index is 5.23. The number of rotatable bonds is 3. The normalized spacial score (nSPS) is 9.67. The summed E-state index contributed by atoms with van der Waals surface area (Å²) in [6, 6.07) is 13.5. The lowest BCUT2D eigenvalue weighted by atomic mass is 10.3. The summed E-state index contributed by atoms with van der Waals surface area (Å²) in [5.41, 5.74) is 0.915. The van der Waals surface area contributed by atoms with Gasteiger partial charge in [-0.1, -0.05) is 18.2 Å². The van der Waals surface area contributed by atoms with E-state index in [1.165, 1.54) is 0 Å². The van der Waals surface area contributed by atoms with Gasteiger partial charge in [-0.15, -0.1) is 0 Å². The van der Waals surface area contributed by atoms with Crippen LogP contribution in [0.15, 0.2) is 48.7 Å². The van der Waals surface area contributed by atoms with Crippen LogP contribution in [0.4, 0.5) is 11.5 Å². The Morgan fingerprint density at radius 1 is 1.07 bits per heavy atom. The van der Waals surface area contributed by atoms with Crippen LogP contribution in [0.2, 0.25) is 0 Å². The lowest BCUT2D eigenvalue weighted by Gasteiger charge is -2.09. The zero-order chi connectivity index (χ0) is 10.5. The number of nitrogens with one attached hydrogen (secondary N) is 1. The lowest BCUT2D eigenvalue weighted by molar-refractivity contribution is 0.417. The summed E-state index contributed by atoms with van der Waals surface area (Å²) < 4.78 is 5.23. The molecule has 0 unspecified atom stereocenters. The van der Waals surface area contributed by atoms with Crippen LogP contribution < -0.4 is 10.1 Å². The largest absolute Gasteiger partial charge is 0.495 e. The van der Waals surface area contributed by atoms with Crippen LogP contribution >= 0.6 is 0 Å². The van der Waals surface area contributed by atoms with Crippen molar-refractivity contribution in [2.45, 2.75) is 0 Å². The van der Waals surface area contributed by atoms with Crippen LogP contribution in [-0.2, 0) is 0 Å². The summed E-state index contributed by atoms with van der Waals surface area (Å²) in [4.78, 5) is 4.18. The molecule has 76 valence electrons. The van der Waals surface area contributed by atoms with Crippen LogP contribution in [0.25, 0.3) is 0 Å². The van der Waals surface area contributed by atoms with E-state index in [1.807, 2.05) is 42.5 Å². The van der Waals surface area contributed by atoms with Gasteiger partial charge in [-0.05, 0) is 24.3 Å². The minimum Gasteiger partial charge on any atom is -0.495 e. The fraction of sp³-hybridized carbons (Fsp3) is 0.0833. The molecule has 3 heteroatoms. The molecule has 0 saturated carbocycles. The molecule has 0 amide bonds. The number of benzene rings is 1. The molecule has 1 N–H and O–H groups in total. The Balaban J connectivity index is 2.24. The average Bonchev–Trinajstić information content (AvgIpc) is 2.31. The first-order valence-electron chi connectivity index (χ1n) is 4.71. The monoisotopic (exact) mass is 200 g/mol. The number of methoxy groups -OCH3 is 1. The maximum absolute atomic E-state index is 5.23. The van der Waals surface area contributed by atoms with Crippen molar-refractivity contribution in [2.75, 3.05) is 12.4 Å². The van der Waals surface area contributed by atoms with Crippen molar-refractivity contribution >= 4 is 11.5 Å². The van der Waals surface area contributed by atoms with Gasteiger partial charge in [-0.25, -0.2) is 4.98 Å². The van der Waals surface area contributed by atoms with Gasteiger partial charge in [0, 0.05) is 6.20 Å². The number of anilines is 2. The molecule has 15 heavy (non-hydrogen) atoms. The van der Waals surface area contributed by atoms with Crippen molar-refractivity contribution in [3.8, 4) is 5.75 Å². The average molecular weight is 200 g/mol. The number of para-hydroxylation sites is 2. The third-order valence-corrected chi connectivity index (χ3v) is 2.03. The van der Waals surface area contributed by atoms with Crippen molar-refractivity contribution in [1.82, 2.24) is 4.98 Å². The van der Waals surface area contributed by atoms with Crippen LogP contribution in [0.3, 0.4) is 0 Å². The SMILES string of the molecule is COc1ccccc1Nc1ccccn1. The number of pyridine rings is 1. The number of hydrogen-bond acceptors (Lipinski definition) is 3. The van der Waals surface area contributed by atoms with Crippen LogP contribution in [0.5, 0.6) is 5.75 Å². The highest BCUT2D eigenvalue weighted by molar-refractivity contribution is 5.63. The van der Waals surface area contributed by atoms with E-state index in [-0.39, 0.29) is 0 Å². The molecule has 0 fully saturated rings. The Morgan fingerprint density at radius 3 is 2.60 bits per heavy atom. The Labute approximate surface area is 88.7 Å². The minimum absolute atomic E-state index is 0.807. The summed E-state index contributed by atoms with van der Waals surface area (Å²) >= 11 is 0. The van der Waals surface area contributed by atoms with E-state index in [0.29, 0.717) is 0 Å². The summed E-state index contributed by atoms with van der Waals surface area (Å²) in [6.07, 6.45) is 1.75. The minimum atomic E-state index is 0.807. The van der Waals surface area contributed by atoms with Gasteiger partial charge < -0.3 is 10.1 Å². The molecule has 1 aromatic carbocycles. The second-order valence-electron chi connectivity index (χ2n) is 3.04. The van der Waals surface area contributed by atoms with E-state index in [1.54, 1.807) is 13.3 Å². The van der Waals surface area contributed by atoms with E-state index >= 15 is 0 Å². The first kappa shape index (κ1) is 9.52. The zero-order valence-corrected chi connectivity index (χ0v) is 8.47. The lowest BCUT2D eigenvalue weighted by Crippen LogP contribution is -1.95. The third kappa shape index (κ3) is 2.26. The Hall–Kier alpha value is -2.03. The molecule has 0 aliphatic rings. The third-order valence-electron chi connectivity index (χ3n) is 2.03. The summed E-state index contributed by atoms with van der Waals surface area (Å²) in [5.74, 6) is 1.62. The topological polar surface area (TPSA) is 34.1 Å². The van der Waals surface area contributed by atoms with E-state index in [0.717, 1.165) is 17.3 Å². The fourth-order valence-corrected chi connectivity index (χ4v) is 1.32. The van der Waals surface area contributed by atoms with Crippen molar-refractivity contribution in [1.29, 1.82) is 0 Å². The van der Waals surface area contributed by atoms with Crippen molar-refractivity contribution in [3.63, 3.8) is 0 Å². The van der Waals surface area contributed by atoms with Crippen LogP contribution in [0.1, 0.15) is 0 Å². The Bertz CT molecular complexity index is 429. The Morgan fingerprint density at radius 2 is 1.87 bits per heavy atom. The molecule has 0 bridgehead atoms. The van der Waals surface area contributed by atoms with Crippen LogP contribution in [0, 0.1) is 0 Å². The molecule has 1 aromatic heterocycles. The zero-order valence-electron chi connectivity index (χ0n) is 8.47. The molecule has 0 spiro atoms. The summed E-state index contributed by atoms with van der Waals surface area (Å²) in [7, 11) is 1.65. The molecule has 2 rings (SSSR count). The van der Waals surface area contributed by atoms with Gasteiger partial charge in [0.15, 0.2) is 0 Å². The Kier molecular flexibility index (Phi) is 2.83. The highest BCUT2D eigenvalue weighted by Crippen LogP contribution is 2.25. The molecule has 2 aromatic rings. The highest BCUT2D eigenvalue weighted by Gasteiger charge is 2.01. The van der Waals surface area contributed by atoms with Gasteiger partial charge in [0.1, 0.15) is 11.6 Å². The quantitative estimate of drug-likeness (QED) is 0.827. The molecule has 0 aliphatic carbocycles. The van der Waals surface area contributed by atoms with Gasteiger partial charge >= 0.3 is 0 Å². The molecule has 0 aliphatic heterocycles. The maximum Gasteiger partial charge on any atom is 0.142 e. The molecule has 0 saturated heterocycles. The molecule has 0 radical (unpaired) electrons. The molecule has 1 heterocycles. The van der Waals surface area contributed by atoms with E-state index in [4.69, 9.17) is 4.74 Å². The number of aromatic nitrogens is 1. The summed E-state index contributed by atoms with van der Waals surface area (Å²) in [6.45, 7) is 0. The number of hydrogen-bond donors (Lipinski definition) is 1. The predicted molar refractivity (Wildman–Crippen MR) is 60.5 cm³/mol. The fourth-order valence-electron chi connectivity index (χ4n) is 1.32. The van der Waals surface area contributed by atoms with Crippen molar-refractivity contribution in [2.24, 2.45) is 0 Å². The number of nitrogens with zero attached hydrogens (tertiary/aromatic N) is 1. The second kappa shape index (κ2) is 4.46. The van der Waals surface area contributed by atoms with Gasteiger partial charge in [-0.3, -0.25) is 0 Å². The predicted octanol–water partition coefficient (Wildman–Crippen LogP) is 2.83. The molecule has 3 nitrogen and oxygen atoms in total. The number of ether oxygens (including phenoxy) is 1. The van der Waals surface area contributed by atoms with Crippen molar-refractivity contribution in [3.05, 3.63) is 48.7 Å². The first-order chi connectivity index (χ1) is 7.40. The molecular weight excluding hydrogens is 188 g/mol. The smallest absolute Gasteiger partial charge is 0.142 e. The first-order valence-corrected chi connectivity index (χ1v) is 4.71. The molecule has 0 atom stereocenters. The van der Waals surface area contributed by atoms with E-state index in [9.17, 15) is 0 Å². The molecular formula is C12H12N2O. The van der Waals surface area contributed by atoms with E-state index in [2.05, 4.69) is 10.3 Å². The standard InChI is InChI=1S/C12H12N2O/c1-15-11-7-3-2-6-10(11)14-12-8-4-5-9-13-12/h2-9H,1H3,(H,13,14). The van der Waals surface area contributed by atoms with Gasteiger partial charge in [0.2, 0.25) is 0 Å². The van der Waals surface area contributed by atoms with Gasteiger partial charge in [0.05, 0.1) is 12.8 Å². The summed E-state index contributed by atoms with van der Waals surface area (Å²) in [5, 5.41) is 3.19. The van der Waals surface area contributed by atoms with Gasteiger partial charge in [0.25, 0.3) is 0 Å². The van der Waals surface area contributed by atoms with Crippen molar-refractivity contribution < 1.29 is 4.74 Å².